The third-order valence-electron chi connectivity index (χ3n) is 3.26. The van der Waals surface area contributed by atoms with Crippen molar-refractivity contribution in [1.29, 1.82) is 10.5 Å². The number of thioether (sulfide) groups is 1. The molecule has 0 saturated carbocycles. The highest BCUT2D eigenvalue weighted by Gasteiger charge is 2.27. The third-order valence-corrected chi connectivity index (χ3v) is 5.81. The molecule has 0 bridgehead atoms. The molecule has 1 aliphatic heterocycles. The molecule has 0 amide bonds. The van der Waals surface area contributed by atoms with E-state index in [9.17, 15) is 5.26 Å². The summed E-state index contributed by atoms with van der Waals surface area (Å²) in [6.45, 7) is 6.29. The Hall–Kier alpha value is -1.37. The van der Waals surface area contributed by atoms with Gasteiger partial charge in [-0.2, -0.15) is 22.3 Å². The quantitative estimate of drug-likeness (QED) is 0.861. The highest BCUT2D eigenvalue weighted by molar-refractivity contribution is 8.00. The number of nitrogen functional groups attached to an aromatic ring is 1. The topological polar surface area (TPSA) is 76.8 Å². The van der Waals surface area contributed by atoms with Gasteiger partial charge >= 0.3 is 0 Å². The van der Waals surface area contributed by atoms with Gasteiger partial charge in [0.1, 0.15) is 27.6 Å². The Balaban J connectivity index is 2.33. The first-order chi connectivity index (χ1) is 8.98. The van der Waals surface area contributed by atoms with E-state index in [1.807, 2.05) is 11.8 Å². The van der Waals surface area contributed by atoms with E-state index in [1.165, 1.54) is 11.3 Å². The molecular weight excluding hydrogens is 276 g/mol. The maximum absolute atomic E-state index is 9.25. The predicted octanol–water partition coefficient (Wildman–Crippen LogP) is 2.80. The largest absolute Gasteiger partial charge is 0.396 e. The number of nitrogens with zero attached hydrogens (tertiary/aromatic N) is 3. The molecule has 2 heterocycles. The van der Waals surface area contributed by atoms with Crippen molar-refractivity contribution in [3.05, 3.63) is 10.4 Å². The third kappa shape index (κ3) is 2.80. The molecule has 1 saturated heterocycles. The Morgan fingerprint density at radius 2 is 2.00 bits per heavy atom. The van der Waals surface area contributed by atoms with Gasteiger partial charge in [-0.15, -0.1) is 11.3 Å². The Morgan fingerprint density at radius 1 is 1.26 bits per heavy atom. The fourth-order valence-corrected chi connectivity index (χ4v) is 4.19. The molecule has 0 spiro atoms. The van der Waals surface area contributed by atoms with Gasteiger partial charge in [-0.05, 0) is 6.42 Å². The number of nitriles is 2. The van der Waals surface area contributed by atoms with Crippen molar-refractivity contribution in [3.63, 3.8) is 0 Å². The average Bonchev–Trinajstić information content (AvgIpc) is 2.57. The summed E-state index contributed by atoms with van der Waals surface area (Å²) in [6.07, 6.45) is 1.06. The van der Waals surface area contributed by atoms with E-state index >= 15 is 0 Å². The number of anilines is 2. The molecule has 100 valence electrons. The maximum atomic E-state index is 9.25. The minimum Gasteiger partial charge on any atom is -0.396 e. The number of hydrogen-bond donors (Lipinski definition) is 1. The summed E-state index contributed by atoms with van der Waals surface area (Å²) in [5.41, 5.74) is 6.66. The summed E-state index contributed by atoms with van der Waals surface area (Å²) in [5, 5.41) is 19.1. The molecule has 1 fully saturated rings. The zero-order valence-electron chi connectivity index (χ0n) is 11.1. The fraction of sp³-hybridized carbons (Fsp3) is 0.538. The van der Waals surface area contributed by atoms with Crippen LogP contribution in [0.5, 0.6) is 0 Å². The Bertz CT molecular complexity index is 562. The van der Waals surface area contributed by atoms with Crippen LogP contribution in [-0.2, 0) is 0 Å². The Morgan fingerprint density at radius 3 is 2.63 bits per heavy atom. The van der Waals surface area contributed by atoms with Crippen molar-refractivity contribution in [2.45, 2.75) is 25.0 Å². The van der Waals surface area contributed by atoms with Crippen molar-refractivity contribution in [1.82, 2.24) is 0 Å². The van der Waals surface area contributed by atoms with Crippen LogP contribution in [-0.4, -0.2) is 23.6 Å². The lowest BCUT2D eigenvalue weighted by atomic mass is 10.1. The van der Waals surface area contributed by atoms with E-state index in [2.05, 4.69) is 30.9 Å². The maximum Gasteiger partial charge on any atom is 0.131 e. The lowest BCUT2D eigenvalue weighted by Gasteiger charge is -2.23. The van der Waals surface area contributed by atoms with Crippen LogP contribution in [0.15, 0.2) is 0 Å². The molecule has 0 atom stereocenters. The van der Waals surface area contributed by atoms with E-state index in [-0.39, 0.29) is 4.75 Å². The molecule has 1 aromatic rings. The van der Waals surface area contributed by atoms with Gasteiger partial charge in [-0.25, -0.2) is 0 Å². The van der Waals surface area contributed by atoms with Crippen LogP contribution < -0.4 is 10.6 Å². The van der Waals surface area contributed by atoms with Crippen LogP contribution in [0.4, 0.5) is 10.7 Å². The Labute approximate surface area is 121 Å². The van der Waals surface area contributed by atoms with Crippen molar-refractivity contribution in [3.8, 4) is 12.1 Å². The van der Waals surface area contributed by atoms with Crippen LogP contribution in [0.25, 0.3) is 0 Å². The SMILES string of the molecule is CC1(C)CCN(c2sc(C#N)c(N)c2C#N)CCS1. The number of hydrogen-bond acceptors (Lipinski definition) is 6. The van der Waals surface area contributed by atoms with E-state index < -0.39 is 0 Å². The zero-order valence-corrected chi connectivity index (χ0v) is 12.7. The average molecular weight is 292 g/mol. The van der Waals surface area contributed by atoms with Crippen LogP contribution in [0.3, 0.4) is 0 Å². The lowest BCUT2D eigenvalue weighted by molar-refractivity contribution is 0.639. The molecule has 2 rings (SSSR count). The standard InChI is InChI=1S/C13H16N4S2/c1-13(2)3-4-17(5-6-18-13)12-9(7-14)11(16)10(8-15)19-12/h3-6,16H2,1-2H3. The minimum atomic E-state index is 0.266. The fourth-order valence-electron chi connectivity index (χ4n) is 2.07. The van der Waals surface area contributed by atoms with Crippen molar-refractivity contribution >= 4 is 33.8 Å². The van der Waals surface area contributed by atoms with Gasteiger partial charge in [0.05, 0.1) is 5.69 Å². The minimum absolute atomic E-state index is 0.266. The smallest absolute Gasteiger partial charge is 0.131 e. The first kappa shape index (κ1) is 14.0. The van der Waals surface area contributed by atoms with Gasteiger partial charge in [0.25, 0.3) is 0 Å². The first-order valence-electron chi connectivity index (χ1n) is 6.10. The van der Waals surface area contributed by atoms with Gasteiger partial charge in [0.2, 0.25) is 0 Å². The molecule has 0 radical (unpaired) electrons. The van der Waals surface area contributed by atoms with E-state index in [0.29, 0.717) is 16.1 Å². The summed E-state index contributed by atoms with van der Waals surface area (Å²) in [6, 6.07) is 4.21. The normalized spacial score (nSPS) is 18.4. The van der Waals surface area contributed by atoms with Crippen LogP contribution in [0.1, 0.15) is 30.7 Å². The van der Waals surface area contributed by atoms with Crippen LogP contribution in [0, 0.1) is 22.7 Å². The monoisotopic (exact) mass is 292 g/mol. The summed E-state index contributed by atoms with van der Waals surface area (Å²) < 4.78 is 0.266. The highest BCUT2D eigenvalue weighted by Crippen LogP contribution is 2.40. The molecule has 0 unspecified atom stereocenters. The van der Waals surface area contributed by atoms with Gasteiger partial charge in [-0.1, -0.05) is 13.8 Å². The lowest BCUT2D eigenvalue weighted by Crippen LogP contribution is -2.26. The number of thiophene rings is 1. The van der Waals surface area contributed by atoms with Gasteiger partial charge < -0.3 is 10.6 Å². The summed E-state index contributed by atoms with van der Waals surface area (Å²) in [4.78, 5) is 2.64. The van der Waals surface area contributed by atoms with Crippen molar-refractivity contribution < 1.29 is 0 Å². The second-order valence-corrected chi connectivity index (χ2v) is 7.89. The molecule has 2 N–H and O–H groups in total. The molecule has 1 aliphatic rings. The summed E-state index contributed by atoms with van der Waals surface area (Å²) in [7, 11) is 0. The van der Waals surface area contributed by atoms with Gasteiger partial charge in [0.15, 0.2) is 0 Å². The molecular formula is C13H16N4S2. The highest BCUT2D eigenvalue weighted by atomic mass is 32.2. The van der Waals surface area contributed by atoms with Crippen LogP contribution >= 0.6 is 23.1 Å². The molecule has 4 nitrogen and oxygen atoms in total. The second-order valence-electron chi connectivity index (χ2n) is 5.09. The first-order valence-corrected chi connectivity index (χ1v) is 7.90. The molecule has 1 aromatic heterocycles. The second kappa shape index (κ2) is 5.32. The number of nitrogens with two attached hydrogens (primary N) is 1. The van der Waals surface area contributed by atoms with Crippen molar-refractivity contribution in [2.75, 3.05) is 29.5 Å². The summed E-state index contributed by atoms with van der Waals surface area (Å²) >= 11 is 3.29. The zero-order chi connectivity index (χ0) is 14.0. The molecule has 0 aliphatic carbocycles. The Kier molecular flexibility index (Phi) is 3.93. The van der Waals surface area contributed by atoms with Gasteiger partial charge in [-0.3, -0.25) is 0 Å². The van der Waals surface area contributed by atoms with E-state index in [0.717, 1.165) is 30.3 Å². The summed E-state index contributed by atoms with van der Waals surface area (Å²) in [5.74, 6) is 1.03. The van der Waals surface area contributed by atoms with E-state index in [1.54, 1.807) is 0 Å². The molecule has 19 heavy (non-hydrogen) atoms. The van der Waals surface area contributed by atoms with Gasteiger partial charge in [0, 0.05) is 23.6 Å². The molecule has 6 heteroatoms. The van der Waals surface area contributed by atoms with Crippen molar-refractivity contribution in [2.24, 2.45) is 0 Å². The predicted molar refractivity (Wildman–Crippen MR) is 81.5 cm³/mol. The van der Waals surface area contributed by atoms with Crippen LogP contribution in [0.2, 0.25) is 0 Å². The van der Waals surface area contributed by atoms with E-state index in [4.69, 9.17) is 11.0 Å². The molecule has 0 aromatic carbocycles. The number of rotatable bonds is 1.